The van der Waals surface area contributed by atoms with Gasteiger partial charge in [0.05, 0.1) is 5.69 Å². The topological polar surface area (TPSA) is 60.0 Å². The molecule has 3 N–H and O–H groups in total. The molecule has 0 spiro atoms. The average molecular weight is 219 g/mol. The number of hydrogen-bond acceptors (Lipinski definition) is 2. The SMILES string of the molecule is CC1(C)Cc2c(N)c3n(c2C1)CCNC3=O. The lowest BCUT2D eigenvalue weighted by Gasteiger charge is -2.22. The lowest BCUT2D eigenvalue weighted by molar-refractivity contribution is 0.0927. The lowest BCUT2D eigenvalue weighted by atomic mass is 9.90. The number of nitrogens with zero attached hydrogens (tertiary/aromatic N) is 1. The number of fused-ring (bicyclic) bond motifs is 3. The van der Waals surface area contributed by atoms with Crippen LogP contribution >= 0.6 is 0 Å². The van der Waals surface area contributed by atoms with Crippen molar-refractivity contribution in [1.82, 2.24) is 9.88 Å². The van der Waals surface area contributed by atoms with E-state index in [1.165, 1.54) is 11.3 Å². The average Bonchev–Trinajstić information content (AvgIpc) is 2.63. The van der Waals surface area contributed by atoms with Crippen molar-refractivity contribution in [3.8, 4) is 0 Å². The fraction of sp³-hybridized carbons (Fsp3) is 0.583. The van der Waals surface area contributed by atoms with Crippen LogP contribution in [0.25, 0.3) is 0 Å². The highest BCUT2D eigenvalue weighted by Gasteiger charge is 2.37. The van der Waals surface area contributed by atoms with Crippen LogP contribution in [0.2, 0.25) is 0 Å². The summed E-state index contributed by atoms with van der Waals surface area (Å²) < 4.78 is 2.12. The molecule has 4 nitrogen and oxygen atoms in total. The Morgan fingerprint density at radius 1 is 1.38 bits per heavy atom. The van der Waals surface area contributed by atoms with Gasteiger partial charge in [0.1, 0.15) is 5.69 Å². The molecule has 0 bridgehead atoms. The quantitative estimate of drug-likeness (QED) is 0.682. The standard InChI is InChI=1S/C12H17N3O/c1-12(2)5-7-8(6-12)15-4-3-14-11(16)10(15)9(7)13/h3-6,13H2,1-2H3,(H,14,16). The summed E-state index contributed by atoms with van der Waals surface area (Å²) >= 11 is 0. The van der Waals surface area contributed by atoms with Crippen molar-refractivity contribution in [3.05, 3.63) is 17.0 Å². The van der Waals surface area contributed by atoms with E-state index in [4.69, 9.17) is 5.73 Å². The molecule has 0 radical (unpaired) electrons. The Hall–Kier alpha value is -1.45. The van der Waals surface area contributed by atoms with Crippen LogP contribution in [0.5, 0.6) is 0 Å². The molecule has 4 heteroatoms. The van der Waals surface area contributed by atoms with Gasteiger partial charge < -0.3 is 15.6 Å². The number of rotatable bonds is 0. The predicted octanol–water partition coefficient (Wildman–Crippen LogP) is 0.939. The molecule has 0 saturated heterocycles. The molecule has 16 heavy (non-hydrogen) atoms. The van der Waals surface area contributed by atoms with Crippen LogP contribution in [-0.2, 0) is 19.4 Å². The molecule has 86 valence electrons. The number of nitrogens with two attached hydrogens (primary N) is 1. The highest BCUT2D eigenvalue weighted by atomic mass is 16.2. The van der Waals surface area contributed by atoms with E-state index in [1.807, 2.05) is 0 Å². The van der Waals surface area contributed by atoms with Gasteiger partial charge >= 0.3 is 0 Å². The van der Waals surface area contributed by atoms with E-state index in [2.05, 4.69) is 23.7 Å². The number of aromatic nitrogens is 1. The number of hydrogen-bond donors (Lipinski definition) is 2. The monoisotopic (exact) mass is 219 g/mol. The van der Waals surface area contributed by atoms with Crippen molar-refractivity contribution in [2.45, 2.75) is 33.2 Å². The van der Waals surface area contributed by atoms with Gasteiger partial charge in [0.15, 0.2) is 0 Å². The number of carbonyl (C=O) groups excluding carboxylic acids is 1. The minimum atomic E-state index is -0.0176. The van der Waals surface area contributed by atoms with Crippen molar-refractivity contribution < 1.29 is 4.79 Å². The molecule has 1 amide bonds. The highest BCUT2D eigenvalue weighted by Crippen LogP contribution is 2.42. The zero-order valence-electron chi connectivity index (χ0n) is 9.76. The maximum Gasteiger partial charge on any atom is 0.270 e. The molecular weight excluding hydrogens is 202 g/mol. The van der Waals surface area contributed by atoms with E-state index in [0.29, 0.717) is 17.9 Å². The Balaban J connectivity index is 2.19. The minimum Gasteiger partial charge on any atom is -0.397 e. The smallest absolute Gasteiger partial charge is 0.270 e. The van der Waals surface area contributed by atoms with Crippen LogP contribution in [0.15, 0.2) is 0 Å². The summed E-state index contributed by atoms with van der Waals surface area (Å²) in [6.07, 6.45) is 2.02. The maximum absolute atomic E-state index is 11.8. The van der Waals surface area contributed by atoms with Gasteiger partial charge in [-0.2, -0.15) is 0 Å². The van der Waals surface area contributed by atoms with Crippen LogP contribution in [-0.4, -0.2) is 17.0 Å². The molecule has 0 saturated carbocycles. The highest BCUT2D eigenvalue weighted by molar-refractivity contribution is 5.99. The summed E-state index contributed by atoms with van der Waals surface area (Å²) in [6.45, 7) is 6.08. The number of nitrogens with one attached hydrogen (secondary N) is 1. The summed E-state index contributed by atoms with van der Waals surface area (Å²) in [7, 11) is 0. The molecule has 3 rings (SSSR count). The van der Waals surface area contributed by atoms with Gasteiger partial charge in [0, 0.05) is 18.8 Å². The van der Waals surface area contributed by atoms with Gasteiger partial charge in [0.2, 0.25) is 0 Å². The fourth-order valence-electron chi connectivity index (χ4n) is 2.99. The molecule has 0 aromatic carbocycles. The predicted molar refractivity (Wildman–Crippen MR) is 62.4 cm³/mol. The van der Waals surface area contributed by atoms with Crippen LogP contribution in [0.1, 0.15) is 35.6 Å². The largest absolute Gasteiger partial charge is 0.397 e. The van der Waals surface area contributed by atoms with Gasteiger partial charge in [-0.1, -0.05) is 13.8 Å². The first-order valence-electron chi connectivity index (χ1n) is 5.77. The summed E-state index contributed by atoms with van der Waals surface area (Å²) in [6, 6.07) is 0. The molecule has 0 fully saturated rings. The lowest BCUT2D eigenvalue weighted by Crippen LogP contribution is -2.36. The molecule has 0 atom stereocenters. The van der Waals surface area contributed by atoms with Gasteiger partial charge in [-0.3, -0.25) is 4.79 Å². The Morgan fingerprint density at radius 3 is 2.88 bits per heavy atom. The number of anilines is 1. The zero-order valence-corrected chi connectivity index (χ0v) is 9.76. The second-order valence-corrected chi connectivity index (χ2v) is 5.61. The van der Waals surface area contributed by atoms with E-state index in [1.54, 1.807) is 0 Å². The van der Waals surface area contributed by atoms with E-state index in [9.17, 15) is 4.79 Å². The Bertz CT molecular complexity index is 485. The van der Waals surface area contributed by atoms with Crippen LogP contribution in [0.4, 0.5) is 5.69 Å². The van der Waals surface area contributed by atoms with Crippen molar-refractivity contribution in [3.63, 3.8) is 0 Å². The summed E-state index contributed by atoms with van der Waals surface area (Å²) in [5.74, 6) is -0.0176. The second-order valence-electron chi connectivity index (χ2n) is 5.61. The number of carbonyl (C=O) groups is 1. The van der Waals surface area contributed by atoms with Crippen molar-refractivity contribution in [2.24, 2.45) is 5.41 Å². The molecule has 2 heterocycles. The van der Waals surface area contributed by atoms with Gasteiger partial charge in [-0.15, -0.1) is 0 Å². The normalized spacial score (nSPS) is 21.5. The van der Waals surface area contributed by atoms with Gasteiger partial charge in [-0.25, -0.2) is 0 Å². The first-order chi connectivity index (χ1) is 7.49. The summed E-state index contributed by atoms with van der Waals surface area (Å²) in [5.41, 5.74) is 10.3. The molecule has 1 aromatic rings. The third kappa shape index (κ3) is 1.13. The summed E-state index contributed by atoms with van der Waals surface area (Å²) in [5, 5.41) is 2.85. The molecular formula is C12H17N3O. The first kappa shape index (κ1) is 9.75. The zero-order chi connectivity index (χ0) is 11.5. The van der Waals surface area contributed by atoms with Crippen molar-refractivity contribution >= 4 is 11.6 Å². The molecule has 1 aliphatic heterocycles. The maximum atomic E-state index is 11.8. The molecule has 2 aliphatic rings. The van der Waals surface area contributed by atoms with Crippen LogP contribution in [0.3, 0.4) is 0 Å². The van der Waals surface area contributed by atoms with Gasteiger partial charge in [0.25, 0.3) is 5.91 Å². The van der Waals surface area contributed by atoms with Crippen LogP contribution < -0.4 is 11.1 Å². The number of nitrogen functional groups attached to an aromatic ring is 1. The first-order valence-corrected chi connectivity index (χ1v) is 5.77. The van der Waals surface area contributed by atoms with E-state index in [-0.39, 0.29) is 11.3 Å². The van der Waals surface area contributed by atoms with E-state index < -0.39 is 0 Å². The number of amides is 1. The molecule has 1 aromatic heterocycles. The summed E-state index contributed by atoms with van der Waals surface area (Å²) in [4.78, 5) is 11.8. The molecule has 1 aliphatic carbocycles. The second kappa shape index (κ2) is 2.81. The Kier molecular flexibility index (Phi) is 1.71. The van der Waals surface area contributed by atoms with Crippen molar-refractivity contribution in [2.75, 3.05) is 12.3 Å². The van der Waals surface area contributed by atoms with E-state index in [0.717, 1.165) is 19.4 Å². The minimum absolute atomic E-state index is 0.0176. The third-order valence-corrected chi connectivity index (χ3v) is 3.66. The Labute approximate surface area is 94.8 Å². The molecule has 0 unspecified atom stereocenters. The van der Waals surface area contributed by atoms with Gasteiger partial charge in [-0.05, 0) is 23.8 Å². The fourth-order valence-corrected chi connectivity index (χ4v) is 2.99. The van der Waals surface area contributed by atoms with Crippen molar-refractivity contribution in [1.29, 1.82) is 0 Å². The third-order valence-electron chi connectivity index (χ3n) is 3.66. The van der Waals surface area contributed by atoms with Crippen LogP contribution in [0, 0.1) is 5.41 Å². The Morgan fingerprint density at radius 2 is 2.12 bits per heavy atom. The van der Waals surface area contributed by atoms with E-state index >= 15 is 0 Å².